The highest BCUT2D eigenvalue weighted by atomic mass is 15.2. The first-order valence-corrected chi connectivity index (χ1v) is 3.31. The first-order valence-electron chi connectivity index (χ1n) is 3.31. The fraction of sp³-hybridized carbons (Fsp3) is 0.125. The van der Waals surface area contributed by atoms with Crippen LogP contribution in [0, 0.1) is 0 Å². The van der Waals surface area contributed by atoms with Gasteiger partial charge < -0.3 is 4.90 Å². The number of rotatable bonds is 0. The highest BCUT2D eigenvalue weighted by molar-refractivity contribution is 5.73. The van der Waals surface area contributed by atoms with Gasteiger partial charge in [0.05, 0.1) is 0 Å². The molecule has 2 rings (SSSR count). The summed E-state index contributed by atoms with van der Waals surface area (Å²) in [6.07, 6.45) is 11.9. The van der Waals surface area contributed by atoms with E-state index < -0.39 is 0 Å². The van der Waals surface area contributed by atoms with E-state index in [4.69, 9.17) is 0 Å². The number of fused-ring (bicyclic) bond motifs is 1. The van der Waals surface area contributed by atoms with E-state index in [0.29, 0.717) is 0 Å². The summed E-state index contributed by atoms with van der Waals surface area (Å²) in [5.74, 6) is 1.03. The molecule has 2 nitrogen and oxygen atoms in total. The Labute approximate surface area is 59.9 Å². The van der Waals surface area contributed by atoms with E-state index in [1.54, 1.807) is 0 Å². The summed E-state index contributed by atoms with van der Waals surface area (Å²) in [4.78, 5) is 6.27. The largest absolute Gasteiger partial charge is 0.329 e. The van der Waals surface area contributed by atoms with Crippen molar-refractivity contribution in [1.29, 1.82) is 0 Å². The molecule has 2 heteroatoms. The van der Waals surface area contributed by atoms with Gasteiger partial charge in [-0.1, -0.05) is 12.2 Å². The van der Waals surface area contributed by atoms with Crippen molar-refractivity contribution in [3.05, 3.63) is 36.3 Å². The summed E-state index contributed by atoms with van der Waals surface area (Å²) < 4.78 is 0. The van der Waals surface area contributed by atoms with E-state index >= 15 is 0 Å². The molecule has 0 aromatic carbocycles. The van der Waals surface area contributed by atoms with Gasteiger partial charge in [-0.25, -0.2) is 4.99 Å². The van der Waals surface area contributed by atoms with Crippen LogP contribution >= 0.6 is 0 Å². The fourth-order valence-electron chi connectivity index (χ4n) is 1.03. The fourth-order valence-corrected chi connectivity index (χ4v) is 1.03. The van der Waals surface area contributed by atoms with Crippen LogP contribution in [0.15, 0.2) is 41.3 Å². The standard InChI is InChI=1S/C8H8N2/c1-2-6-10-7-3-5-9-8(10)4-1/h1-5,7H,6H2. The number of hydrogen-bond acceptors (Lipinski definition) is 2. The molecule has 0 aliphatic carbocycles. The topological polar surface area (TPSA) is 15.6 Å². The Morgan fingerprint density at radius 2 is 2.40 bits per heavy atom. The molecule has 0 radical (unpaired) electrons. The van der Waals surface area contributed by atoms with Gasteiger partial charge in [0.25, 0.3) is 0 Å². The third-order valence-corrected chi connectivity index (χ3v) is 1.54. The minimum atomic E-state index is 0.944. The Morgan fingerprint density at radius 3 is 3.30 bits per heavy atom. The Bertz CT molecular complexity index is 246. The maximum absolute atomic E-state index is 4.18. The lowest BCUT2D eigenvalue weighted by molar-refractivity contribution is 0.502. The Balaban J connectivity index is 2.34. The Morgan fingerprint density at radius 1 is 1.40 bits per heavy atom. The van der Waals surface area contributed by atoms with Crippen LogP contribution in [0.4, 0.5) is 0 Å². The van der Waals surface area contributed by atoms with Gasteiger partial charge in [0, 0.05) is 19.0 Å². The van der Waals surface area contributed by atoms with Gasteiger partial charge in [-0.3, -0.25) is 0 Å². The monoisotopic (exact) mass is 132 g/mol. The molecular formula is C8H8N2. The molecule has 0 saturated carbocycles. The predicted molar refractivity (Wildman–Crippen MR) is 41.6 cm³/mol. The molecule has 2 aliphatic rings. The normalized spacial score (nSPS) is 20.8. The molecule has 0 unspecified atom stereocenters. The summed E-state index contributed by atoms with van der Waals surface area (Å²) in [6, 6.07) is 0. The quantitative estimate of drug-likeness (QED) is 0.485. The predicted octanol–water partition coefficient (Wildman–Crippen LogP) is 1.30. The van der Waals surface area contributed by atoms with Crippen LogP contribution in [0.3, 0.4) is 0 Å². The first kappa shape index (κ1) is 5.47. The van der Waals surface area contributed by atoms with Gasteiger partial charge in [0.1, 0.15) is 5.82 Å². The maximum Gasteiger partial charge on any atom is 0.132 e. The second-order valence-electron chi connectivity index (χ2n) is 2.23. The minimum absolute atomic E-state index is 0.944. The first-order chi connectivity index (χ1) is 4.97. The zero-order valence-electron chi connectivity index (χ0n) is 5.57. The van der Waals surface area contributed by atoms with Crippen molar-refractivity contribution in [1.82, 2.24) is 4.90 Å². The van der Waals surface area contributed by atoms with Crippen LogP contribution < -0.4 is 0 Å². The zero-order valence-corrected chi connectivity index (χ0v) is 5.57. The lowest BCUT2D eigenvalue weighted by atomic mass is 10.3. The van der Waals surface area contributed by atoms with Gasteiger partial charge in [-0.2, -0.15) is 0 Å². The molecule has 0 bridgehead atoms. The van der Waals surface area contributed by atoms with Crippen LogP contribution in [-0.2, 0) is 0 Å². The summed E-state index contributed by atoms with van der Waals surface area (Å²) in [5, 5.41) is 0. The zero-order chi connectivity index (χ0) is 6.81. The molecule has 2 heterocycles. The SMILES string of the molecule is C1=CCN2C=CC=NC2=C1. The van der Waals surface area contributed by atoms with E-state index in [1.807, 2.05) is 30.6 Å². The van der Waals surface area contributed by atoms with Crippen molar-refractivity contribution >= 4 is 6.21 Å². The molecule has 0 amide bonds. The van der Waals surface area contributed by atoms with E-state index in [0.717, 1.165) is 12.4 Å². The molecule has 0 aromatic rings. The van der Waals surface area contributed by atoms with Crippen LogP contribution in [0.25, 0.3) is 0 Å². The smallest absolute Gasteiger partial charge is 0.132 e. The molecule has 10 heavy (non-hydrogen) atoms. The second kappa shape index (κ2) is 2.14. The lowest BCUT2D eigenvalue weighted by Gasteiger charge is -2.22. The number of aliphatic imine (C=N–C) groups is 1. The van der Waals surface area contributed by atoms with Crippen molar-refractivity contribution < 1.29 is 0 Å². The van der Waals surface area contributed by atoms with Crippen molar-refractivity contribution in [3.8, 4) is 0 Å². The Kier molecular flexibility index (Phi) is 1.17. The molecule has 0 fully saturated rings. The summed E-state index contributed by atoms with van der Waals surface area (Å²) in [5.41, 5.74) is 0. The highest BCUT2D eigenvalue weighted by Crippen LogP contribution is 2.13. The van der Waals surface area contributed by atoms with E-state index in [2.05, 4.69) is 16.0 Å². The van der Waals surface area contributed by atoms with Crippen LogP contribution in [0.1, 0.15) is 0 Å². The minimum Gasteiger partial charge on any atom is -0.329 e. The lowest BCUT2D eigenvalue weighted by Crippen LogP contribution is -2.19. The second-order valence-corrected chi connectivity index (χ2v) is 2.23. The highest BCUT2D eigenvalue weighted by Gasteiger charge is 2.06. The van der Waals surface area contributed by atoms with E-state index in [9.17, 15) is 0 Å². The summed E-state index contributed by atoms with van der Waals surface area (Å²) >= 11 is 0. The third kappa shape index (κ3) is 0.778. The van der Waals surface area contributed by atoms with Gasteiger partial charge in [-0.05, 0) is 12.2 Å². The summed E-state index contributed by atoms with van der Waals surface area (Å²) in [6.45, 7) is 0.944. The van der Waals surface area contributed by atoms with Crippen LogP contribution in [0.2, 0.25) is 0 Å². The summed E-state index contributed by atoms with van der Waals surface area (Å²) in [7, 11) is 0. The van der Waals surface area contributed by atoms with Gasteiger partial charge >= 0.3 is 0 Å². The molecule has 0 atom stereocenters. The Hall–Kier alpha value is -1.31. The number of nitrogens with zero attached hydrogens (tertiary/aromatic N) is 2. The third-order valence-electron chi connectivity index (χ3n) is 1.54. The molecule has 0 saturated heterocycles. The average molecular weight is 132 g/mol. The average Bonchev–Trinajstić information content (AvgIpc) is 2.05. The van der Waals surface area contributed by atoms with Crippen molar-refractivity contribution in [3.63, 3.8) is 0 Å². The van der Waals surface area contributed by atoms with E-state index in [1.165, 1.54) is 0 Å². The molecule has 0 spiro atoms. The van der Waals surface area contributed by atoms with Gasteiger partial charge in [0.15, 0.2) is 0 Å². The van der Waals surface area contributed by atoms with Crippen molar-refractivity contribution in [2.24, 2.45) is 4.99 Å². The van der Waals surface area contributed by atoms with Crippen LogP contribution in [-0.4, -0.2) is 17.7 Å². The molecule has 0 aromatic heterocycles. The molecule has 2 aliphatic heterocycles. The molecular weight excluding hydrogens is 124 g/mol. The maximum atomic E-state index is 4.18. The van der Waals surface area contributed by atoms with Gasteiger partial charge in [0.2, 0.25) is 0 Å². The van der Waals surface area contributed by atoms with E-state index in [-0.39, 0.29) is 0 Å². The number of hydrogen-bond donors (Lipinski definition) is 0. The van der Waals surface area contributed by atoms with Gasteiger partial charge in [-0.15, -0.1) is 0 Å². The molecule has 0 N–H and O–H groups in total. The molecule has 50 valence electrons. The van der Waals surface area contributed by atoms with Crippen molar-refractivity contribution in [2.75, 3.05) is 6.54 Å². The van der Waals surface area contributed by atoms with Crippen molar-refractivity contribution in [2.45, 2.75) is 0 Å². The number of allylic oxidation sites excluding steroid dienone is 3. The van der Waals surface area contributed by atoms with Crippen LogP contribution in [0.5, 0.6) is 0 Å².